The first-order chi connectivity index (χ1) is 36.1. The van der Waals surface area contributed by atoms with Crippen molar-refractivity contribution < 1.29 is 39.0 Å². The van der Waals surface area contributed by atoms with Gasteiger partial charge in [0.2, 0.25) is 17.7 Å². The summed E-state index contributed by atoms with van der Waals surface area (Å²) in [6, 6.07) is 20.1. The number of carbonyl (C=O) groups excluding carboxylic acids is 5. The second kappa shape index (κ2) is 28.8. The van der Waals surface area contributed by atoms with Crippen LogP contribution in [0.2, 0.25) is 0 Å². The molecule has 1 fully saturated rings. The summed E-state index contributed by atoms with van der Waals surface area (Å²) in [5.41, 5.74) is 8.48. The van der Waals surface area contributed by atoms with Crippen molar-refractivity contribution in [3.8, 4) is 16.2 Å². The number of likely N-dealkylation sites (tertiary alicyclic amines) is 1. The van der Waals surface area contributed by atoms with Gasteiger partial charge in [-0.05, 0) is 104 Å². The Labute approximate surface area is 445 Å². The number of anilines is 1. The van der Waals surface area contributed by atoms with E-state index in [2.05, 4.69) is 38.2 Å². The molecule has 404 valence electrons. The number of aryl methyl sites for hydroxylation is 3. The number of hydrogen-bond acceptors (Lipinski definition) is 12. The zero-order valence-electron chi connectivity index (χ0n) is 44.2. The average molecular weight is 1050 g/mol. The van der Waals surface area contributed by atoms with Crippen molar-refractivity contribution in [2.75, 3.05) is 25.0 Å². The lowest BCUT2D eigenvalue weighted by Gasteiger charge is -2.35. The highest BCUT2D eigenvalue weighted by atomic mass is 32.1. The third kappa shape index (κ3) is 18.0. The lowest BCUT2D eigenvalue weighted by molar-refractivity contribution is -0.144. The summed E-state index contributed by atoms with van der Waals surface area (Å²) in [6.07, 6.45) is 11.6. The molecular formula is C56H76N10O8S. The molecule has 5 aromatic rings. The number of thiazole rings is 1. The Balaban J connectivity index is 0.815. The number of hydrogen-bond donors (Lipinski definition) is 6. The summed E-state index contributed by atoms with van der Waals surface area (Å²) in [4.78, 5) is 74.2. The fourth-order valence-electron chi connectivity index (χ4n) is 8.93. The lowest BCUT2D eigenvalue weighted by Crippen LogP contribution is -2.57. The molecule has 2 aromatic heterocycles. The SMILES string of the molecule is CCCCN(Cc1ccc(C(=O)NO)cc1)C(=O)Nc1ccc(OCCCCCCCCn2cc(CCCCC(=O)NC(C(=O)N3CC(O)CC3C(=O)NCc3ccc(-c4scnc4C)cc3)C(C)(C)C)nn2)cc1. The number of ether oxygens (including phenoxy) is 1. The Morgan fingerprint density at radius 2 is 1.59 bits per heavy atom. The molecule has 75 heavy (non-hydrogen) atoms. The highest BCUT2D eigenvalue weighted by molar-refractivity contribution is 7.13. The first kappa shape index (κ1) is 57.6. The number of unbranched alkanes of at least 4 members (excludes halogenated alkanes) is 7. The Morgan fingerprint density at radius 1 is 0.880 bits per heavy atom. The van der Waals surface area contributed by atoms with Gasteiger partial charge in [0.1, 0.15) is 17.8 Å². The normalized spacial score (nSPS) is 14.8. The molecule has 6 rings (SSSR count). The maximum Gasteiger partial charge on any atom is 0.322 e. The fourth-order valence-corrected chi connectivity index (χ4v) is 9.74. The van der Waals surface area contributed by atoms with Crippen molar-refractivity contribution in [1.29, 1.82) is 0 Å². The zero-order chi connectivity index (χ0) is 53.7. The van der Waals surface area contributed by atoms with Gasteiger partial charge in [-0.2, -0.15) is 0 Å². The van der Waals surface area contributed by atoms with E-state index in [9.17, 15) is 29.1 Å². The molecule has 0 radical (unpaired) electrons. The number of nitrogens with one attached hydrogen (secondary N) is 4. The number of amides is 6. The maximum atomic E-state index is 14.1. The molecule has 1 aliphatic heterocycles. The van der Waals surface area contributed by atoms with Gasteiger partial charge >= 0.3 is 6.03 Å². The second-order valence-corrected chi connectivity index (χ2v) is 21.3. The maximum absolute atomic E-state index is 14.1. The number of carbonyl (C=O) groups is 5. The van der Waals surface area contributed by atoms with Crippen LogP contribution >= 0.6 is 11.3 Å². The first-order valence-corrected chi connectivity index (χ1v) is 27.3. The zero-order valence-corrected chi connectivity index (χ0v) is 45.0. The van der Waals surface area contributed by atoms with E-state index in [0.717, 1.165) is 103 Å². The van der Waals surface area contributed by atoms with E-state index >= 15 is 0 Å². The van der Waals surface area contributed by atoms with Crippen LogP contribution in [0.15, 0.2) is 84.5 Å². The van der Waals surface area contributed by atoms with Gasteiger partial charge in [0.25, 0.3) is 5.91 Å². The molecule has 0 saturated carbocycles. The summed E-state index contributed by atoms with van der Waals surface area (Å²) in [6.45, 7) is 12.3. The molecular weight excluding hydrogens is 973 g/mol. The third-order valence-corrected chi connectivity index (χ3v) is 14.3. The molecule has 18 nitrogen and oxygen atoms in total. The van der Waals surface area contributed by atoms with E-state index in [0.29, 0.717) is 43.8 Å². The third-order valence-electron chi connectivity index (χ3n) is 13.3. The predicted molar refractivity (Wildman–Crippen MR) is 289 cm³/mol. The van der Waals surface area contributed by atoms with Crippen LogP contribution in [0.25, 0.3) is 10.4 Å². The summed E-state index contributed by atoms with van der Waals surface area (Å²) < 4.78 is 7.85. The number of aromatic nitrogens is 4. The summed E-state index contributed by atoms with van der Waals surface area (Å²) >= 11 is 1.58. The minimum Gasteiger partial charge on any atom is -0.494 e. The Bertz CT molecular complexity index is 2600. The van der Waals surface area contributed by atoms with Crippen LogP contribution in [0.5, 0.6) is 5.75 Å². The van der Waals surface area contributed by atoms with E-state index in [4.69, 9.17) is 9.94 Å². The second-order valence-electron chi connectivity index (χ2n) is 20.5. The quantitative estimate of drug-likeness (QED) is 0.0158. The van der Waals surface area contributed by atoms with Gasteiger partial charge < -0.3 is 35.6 Å². The Kier molecular flexibility index (Phi) is 22.1. The van der Waals surface area contributed by atoms with Crippen LogP contribution in [-0.4, -0.2) is 108 Å². The van der Waals surface area contributed by atoms with Gasteiger partial charge in [-0.15, -0.1) is 16.4 Å². The van der Waals surface area contributed by atoms with E-state index in [-0.39, 0.29) is 49.7 Å². The number of nitrogens with zero attached hydrogens (tertiary/aromatic N) is 6. The van der Waals surface area contributed by atoms with Crippen molar-refractivity contribution in [3.05, 3.63) is 113 Å². The van der Waals surface area contributed by atoms with E-state index in [1.807, 2.05) is 92.6 Å². The summed E-state index contributed by atoms with van der Waals surface area (Å²) in [5, 5.41) is 37.0. The lowest BCUT2D eigenvalue weighted by atomic mass is 9.85. The van der Waals surface area contributed by atoms with Gasteiger partial charge in [0, 0.05) is 63.0 Å². The van der Waals surface area contributed by atoms with E-state index in [1.165, 1.54) is 4.90 Å². The molecule has 0 aliphatic carbocycles. The fraction of sp³-hybridized carbons (Fsp3) is 0.500. The first-order valence-electron chi connectivity index (χ1n) is 26.4. The average Bonchev–Trinajstić information content (AvgIpc) is 4.16. The van der Waals surface area contributed by atoms with Crippen LogP contribution in [0.1, 0.15) is 138 Å². The number of β-amino-alcohol motifs (C(OH)–C–C–N with tert-alkyl or cyclic N) is 1. The molecule has 1 saturated heterocycles. The van der Waals surface area contributed by atoms with Crippen molar-refractivity contribution in [3.63, 3.8) is 0 Å². The van der Waals surface area contributed by atoms with Crippen LogP contribution in [0, 0.1) is 12.3 Å². The van der Waals surface area contributed by atoms with Gasteiger partial charge in [-0.25, -0.2) is 15.3 Å². The molecule has 3 heterocycles. The summed E-state index contributed by atoms with van der Waals surface area (Å²) in [5.74, 6) is -0.810. The van der Waals surface area contributed by atoms with Gasteiger partial charge in [0.15, 0.2) is 0 Å². The predicted octanol–water partition coefficient (Wildman–Crippen LogP) is 8.60. The minimum atomic E-state index is -0.882. The Hall–Kier alpha value is -6.70. The smallest absolute Gasteiger partial charge is 0.322 e. The minimum absolute atomic E-state index is 0.0167. The van der Waals surface area contributed by atoms with Crippen LogP contribution in [0.3, 0.4) is 0 Å². The molecule has 3 atom stereocenters. The van der Waals surface area contributed by atoms with Gasteiger partial charge in [-0.3, -0.25) is 29.1 Å². The van der Waals surface area contributed by atoms with Gasteiger partial charge in [-0.1, -0.05) is 101 Å². The molecule has 3 unspecified atom stereocenters. The van der Waals surface area contributed by atoms with E-state index < -0.39 is 29.5 Å². The largest absolute Gasteiger partial charge is 0.494 e. The number of aliphatic hydroxyl groups is 1. The molecule has 1 aliphatic rings. The van der Waals surface area contributed by atoms with Crippen LogP contribution in [0.4, 0.5) is 10.5 Å². The van der Waals surface area contributed by atoms with Crippen molar-refractivity contribution in [2.24, 2.45) is 5.41 Å². The number of rotatable bonds is 28. The molecule has 3 aromatic carbocycles. The highest BCUT2D eigenvalue weighted by Gasteiger charge is 2.44. The molecule has 0 spiro atoms. The number of benzene rings is 3. The standard InChI is InChI=1S/C56H76N10O8S/c1-6-7-30-64(35-41-20-24-43(25-21-41)52(69)62-73)55(72)59-44-26-28-47(29-27-44)74-32-15-11-9-8-10-14-31-65-36-45(61-63-65)16-12-13-17-49(68)60-51(56(3,4)5)54(71)66-37-46(67)33-48(66)53(70)57-34-40-18-22-42(23-19-40)50-39(2)58-38-75-50/h18-29,36,38,46,48,51,67,73H,6-17,30-35,37H2,1-5H3,(H,57,70)(H,59,72)(H,60,68)(H,62,69). The Morgan fingerprint density at radius 3 is 2.27 bits per heavy atom. The summed E-state index contributed by atoms with van der Waals surface area (Å²) in [7, 11) is 0. The number of hydroxylamine groups is 1. The van der Waals surface area contributed by atoms with Crippen molar-refractivity contribution >= 4 is 46.7 Å². The topological polar surface area (TPSA) is 233 Å². The molecule has 6 N–H and O–H groups in total. The highest BCUT2D eigenvalue weighted by Crippen LogP contribution is 2.29. The monoisotopic (exact) mass is 1050 g/mol. The molecule has 19 heteroatoms. The van der Waals surface area contributed by atoms with E-state index in [1.54, 1.807) is 46.0 Å². The van der Waals surface area contributed by atoms with Gasteiger partial charge in [0.05, 0.1) is 34.5 Å². The number of aliphatic hydroxyl groups excluding tert-OH is 1. The molecule has 6 amide bonds. The van der Waals surface area contributed by atoms with Crippen LogP contribution < -0.4 is 26.2 Å². The van der Waals surface area contributed by atoms with Crippen molar-refractivity contribution in [2.45, 2.75) is 156 Å². The van der Waals surface area contributed by atoms with Crippen LogP contribution in [-0.2, 0) is 40.4 Å². The van der Waals surface area contributed by atoms with Crippen molar-refractivity contribution in [1.82, 2.24) is 45.9 Å². The molecule has 0 bridgehead atoms. The number of urea groups is 1.